The van der Waals surface area contributed by atoms with Crippen LogP contribution in [0.2, 0.25) is 0 Å². The molecule has 6 nitrogen and oxygen atoms in total. The summed E-state index contributed by atoms with van der Waals surface area (Å²) < 4.78 is 7.05. The Morgan fingerprint density at radius 2 is 2.00 bits per heavy atom. The van der Waals surface area contributed by atoms with Crippen LogP contribution < -0.4 is 4.74 Å². The van der Waals surface area contributed by atoms with E-state index >= 15 is 0 Å². The Hall–Kier alpha value is -2.47. The van der Waals surface area contributed by atoms with Crippen molar-refractivity contribution in [3.63, 3.8) is 0 Å². The van der Waals surface area contributed by atoms with E-state index in [1.807, 2.05) is 25.2 Å². The summed E-state index contributed by atoms with van der Waals surface area (Å²) in [5.74, 6) is 1.15. The fourth-order valence-corrected chi connectivity index (χ4v) is 2.34. The standard InChI is InChI=1S/C16H18N4O2/c1-16(2,21)15-17-8-7-12(18-15)14-11-6-5-10(22-4)9-13(11)20(3)19-14/h5-9,21H,1-4H3. The molecule has 0 aliphatic heterocycles. The zero-order chi connectivity index (χ0) is 15.9. The summed E-state index contributed by atoms with van der Waals surface area (Å²) in [5.41, 5.74) is 1.30. The van der Waals surface area contributed by atoms with Gasteiger partial charge < -0.3 is 9.84 Å². The molecule has 0 atom stereocenters. The van der Waals surface area contributed by atoms with E-state index in [2.05, 4.69) is 15.1 Å². The first kappa shape index (κ1) is 14.5. The Kier molecular flexibility index (Phi) is 3.33. The zero-order valence-electron chi connectivity index (χ0n) is 13.0. The molecule has 2 aromatic heterocycles. The first-order valence-corrected chi connectivity index (χ1v) is 6.97. The molecule has 0 saturated heterocycles. The molecular weight excluding hydrogens is 280 g/mol. The largest absolute Gasteiger partial charge is 0.497 e. The molecular formula is C16H18N4O2. The number of rotatable bonds is 3. The van der Waals surface area contributed by atoms with E-state index in [9.17, 15) is 5.11 Å². The van der Waals surface area contributed by atoms with Gasteiger partial charge >= 0.3 is 0 Å². The van der Waals surface area contributed by atoms with Gasteiger partial charge in [0, 0.05) is 24.7 Å². The van der Waals surface area contributed by atoms with Crippen LogP contribution in [-0.4, -0.2) is 32.0 Å². The van der Waals surface area contributed by atoms with Gasteiger partial charge in [-0.05, 0) is 32.0 Å². The molecule has 114 valence electrons. The first-order chi connectivity index (χ1) is 10.4. The topological polar surface area (TPSA) is 73.1 Å². The average Bonchev–Trinajstić information content (AvgIpc) is 2.83. The van der Waals surface area contributed by atoms with E-state index < -0.39 is 5.60 Å². The second-order valence-corrected chi connectivity index (χ2v) is 5.68. The lowest BCUT2D eigenvalue weighted by Gasteiger charge is -2.15. The van der Waals surface area contributed by atoms with Crippen molar-refractivity contribution in [2.24, 2.45) is 7.05 Å². The lowest BCUT2D eigenvalue weighted by Crippen LogP contribution is -2.19. The maximum absolute atomic E-state index is 10.1. The van der Waals surface area contributed by atoms with E-state index in [4.69, 9.17) is 4.74 Å². The maximum atomic E-state index is 10.1. The Balaban J connectivity index is 2.19. The van der Waals surface area contributed by atoms with Crippen LogP contribution in [0.25, 0.3) is 22.3 Å². The highest BCUT2D eigenvalue weighted by atomic mass is 16.5. The summed E-state index contributed by atoms with van der Waals surface area (Å²) >= 11 is 0. The number of aliphatic hydroxyl groups is 1. The number of hydrogen-bond donors (Lipinski definition) is 1. The number of nitrogens with zero attached hydrogens (tertiary/aromatic N) is 4. The van der Waals surface area contributed by atoms with Crippen molar-refractivity contribution >= 4 is 10.9 Å². The number of hydrogen-bond acceptors (Lipinski definition) is 5. The molecule has 1 N–H and O–H groups in total. The summed E-state index contributed by atoms with van der Waals surface area (Å²) in [7, 11) is 3.52. The van der Waals surface area contributed by atoms with Crippen molar-refractivity contribution in [2.75, 3.05) is 7.11 Å². The molecule has 3 aromatic rings. The van der Waals surface area contributed by atoms with Gasteiger partial charge in [0.1, 0.15) is 17.0 Å². The van der Waals surface area contributed by atoms with Crippen LogP contribution in [0.15, 0.2) is 30.5 Å². The summed E-state index contributed by atoms with van der Waals surface area (Å²) in [6.45, 7) is 3.32. The van der Waals surface area contributed by atoms with Gasteiger partial charge in [0.25, 0.3) is 0 Å². The van der Waals surface area contributed by atoms with Gasteiger partial charge in [0.05, 0.1) is 18.3 Å². The minimum absolute atomic E-state index is 0.373. The molecule has 0 spiro atoms. The monoisotopic (exact) mass is 298 g/mol. The summed E-state index contributed by atoms with van der Waals surface area (Å²) in [6.07, 6.45) is 1.64. The Morgan fingerprint density at radius 3 is 2.68 bits per heavy atom. The van der Waals surface area contributed by atoms with Crippen LogP contribution in [-0.2, 0) is 12.6 Å². The van der Waals surface area contributed by atoms with Crippen molar-refractivity contribution in [3.8, 4) is 17.1 Å². The third-order valence-corrected chi connectivity index (χ3v) is 3.50. The van der Waals surface area contributed by atoms with Crippen LogP contribution in [0.3, 0.4) is 0 Å². The van der Waals surface area contributed by atoms with E-state index in [1.54, 1.807) is 37.9 Å². The molecule has 1 aromatic carbocycles. The van der Waals surface area contributed by atoms with E-state index in [0.717, 1.165) is 22.3 Å². The molecule has 0 saturated carbocycles. The third kappa shape index (κ3) is 2.42. The Labute approximate surface area is 128 Å². The van der Waals surface area contributed by atoms with Gasteiger partial charge in [0.15, 0.2) is 5.82 Å². The van der Waals surface area contributed by atoms with Gasteiger partial charge in [-0.25, -0.2) is 9.97 Å². The fraction of sp³-hybridized carbons (Fsp3) is 0.312. The van der Waals surface area contributed by atoms with Crippen molar-refractivity contribution < 1.29 is 9.84 Å². The predicted octanol–water partition coefficient (Wildman–Crippen LogP) is 2.27. The molecule has 0 aliphatic carbocycles. The summed E-state index contributed by atoms with van der Waals surface area (Å²) in [5, 5.41) is 15.6. The maximum Gasteiger partial charge on any atom is 0.160 e. The van der Waals surface area contributed by atoms with Crippen LogP contribution in [0, 0.1) is 0 Å². The fourth-order valence-electron chi connectivity index (χ4n) is 2.34. The van der Waals surface area contributed by atoms with Crippen LogP contribution in [0.5, 0.6) is 5.75 Å². The minimum Gasteiger partial charge on any atom is -0.497 e. The van der Waals surface area contributed by atoms with Gasteiger partial charge in [-0.3, -0.25) is 4.68 Å². The average molecular weight is 298 g/mol. The number of ether oxygens (including phenoxy) is 1. The number of methoxy groups -OCH3 is 1. The lowest BCUT2D eigenvalue weighted by molar-refractivity contribution is 0.0688. The van der Waals surface area contributed by atoms with Crippen molar-refractivity contribution in [1.29, 1.82) is 0 Å². The number of fused-ring (bicyclic) bond motifs is 1. The van der Waals surface area contributed by atoms with E-state index in [-0.39, 0.29) is 0 Å². The SMILES string of the molecule is COc1ccc2c(-c3ccnc(C(C)(C)O)n3)nn(C)c2c1. The molecule has 0 radical (unpaired) electrons. The first-order valence-electron chi connectivity index (χ1n) is 6.97. The van der Waals surface area contributed by atoms with E-state index in [1.165, 1.54) is 0 Å². The minimum atomic E-state index is -1.09. The second-order valence-electron chi connectivity index (χ2n) is 5.68. The lowest BCUT2D eigenvalue weighted by atomic mass is 10.1. The number of aromatic nitrogens is 4. The molecule has 2 heterocycles. The molecule has 22 heavy (non-hydrogen) atoms. The van der Waals surface area contributed by atoms with E-state index in [0.29, 0.717) is 11.5 Å². The molecule has 0 aliphatic rings. The third-order valence-electron chi connectivity index (χ3n) is 3.50. The van der Waals surface area contributed by atoms with Crippen molar-refractivity contribution in [2.45, 2.75) is 19.4 Å². The predicted molar refractivity (Wildman–Crippen MR) is 83.5 cm³/mol. The second kappa shape index (κ2) is 5.06. The van der Waals surface area contributed by atoms with Crippen LogP contribution in [0.4, 0.5) is 0 Å². The molecule has 3 rings (SSSR count). The van der Waals surface area contributed by atoms with Crippen molar-refractivity contribution in [1.82, 2.24) is 19.7 Å². The molecule has 0 unspecified atom stereocenters. The Morgan fingerprint density at radius 1 is 1.23 bits per heavy atom. The van der Waals surface area contributed by atoms with Gasteiger partial charge in [-0.2, -0.15) is 5.10 Å². The number of aryl methyl sites for hydroxylation is 1. The van der Waals surface area contributed by atoms with Gasteiger partial charge in [0.2, 0.25) is 0 Å². The normalized spacial score (nSPS) is 11.9. The van der Waals surface area contributed by atoms with Gasteiger partial charge in [-0.1, -0.05) is 0 Å². The van der Waals surface area contributed by atoms with Crippen LogP contribution in [0.1, 0.15) is 19.7 Å². The van der Waals surface area contributed by atoms with Gasteiger partial charge in [-0.15, -0.1) is 0 Å². The zero-order valence-corrected chi connectivity index (χ0v) is 13.0. The molecule has 0 amide bonds. The highest BCUT2D eigenvalue weighted by Crippen LogP contribution is 2.29. The summed E-state index contributed by atoms with van der Waals surface area (Å²) in [4.78, 5) is 8.59. The highest BCUT2D eigenvalue weighted by Gasteiger charge is 2.21. The molecule has 0 fully saturated rings. The Bertz CT molecular complexity index is 834. The molecule has 6 heteroatoms. The van der Waals surface area contributed by atoms with Crippen LogP contribution >= 0.6 is 0 Å². The van der Waals surface area contributed by atoms with Crippen molar-refractivity contribution in [3.05, 3.63) is 36.3 Å². The smallest absolute Gasteiger partial charge is 0.160 e. The highest BCUT2D eigenvalue weighted by molar-refractivity contribution is 5.93. The quantitative estimate of drug-likeness (QED) is 0.803. The summed E-state index contributed by atoms with van der Waals surface area (Å²) in [6, 6.07) is 7.58. The molecule has 0 bridgehead atoms. The number of benzene rings is 1.